The van der Waals surface area contributed by atoms with E-state index in [1.807, 2.05) is 5.32 Å². The number of nitrogens with one attached hydrogen (secondary N) is 1. The first-order valence-electron chi connectivity index (χ1n) is 5.55. The van der Waals surface area contributed by atoms with Crippen LogP contribution in [0.2, 0.25) is 0 Å². The highest BCUT2D eigenvalue weighted by Crippen LogP contribution is 2.46. The summed E-state index contributed by atoms with van der Waals surface area (Å²) in [6.07, 6.45) is -5.14. The molecule has 1 rings (SSSR count). The van der Waals surface area contributed by atoms with E-state index in [1.54, 1.807) is 0 Å². The number of hydrogen-bond donors (Lipinski definition) is 3. The van der Waals surface area contributed by atoms with Gasteiger partial charge in [0.1, 0.15) is 0 Å². The van der Waals surface area contributed by atoms with Crippen molar-refractivity contribution in [3.05, 3.63) is 22.1 Å². The lowest BCUT2D eigenvalue weighted by atomic mass is 10.0. The summed E-state index contributed by atoms with van der Waals surface area (Å²) in [6, 6.07) is -0.989. The number of nitroso groups, excluding NO2 is 1. The van der Waals surface area contributed by atoms with Gasteiger partial charge in [0.15, 0.2) is 17.2 Å². The highest BCUT2D eigenvalue weighted by atomic mass is 19.4. The molecule has 1 aromatic rings. The van der Waals surface area contributed by atoms with Crippen molar-refractivity contribution in [2.75, 3.05) is 14.1 Å². The third-order valence-corrected chi connectivity index (χ3v) is 2.69. The standard InChI is InChI=1S/C11H10F3N3O5/c1-15-10(21)17(2)9(20)6-4(11(12,13)14)3-5(18)8(19)7(6)16-22/h3,18-19H,1-2H3,(H,15,21). The van der Waals surface area contributed by atoms with Gasteiger partial charge in [0, 0.05) is 14.1 Å². The summed E-state index contributed by atoms with van der Waals surface area (Å²) >= 11 is 0. The van der Waals surface area contributed by atoms with Crippen LogP contribution in [0.1, 0.15) is 15.9 Å². The predicted octanol–water partition coefficient (Wildman–Crippen LogP) is 1.93. The van der Waals surface area contributed by atoms with E-state index in [9.17, 15) is 37.9 Å². The van der Waals surface area contributed by atoms with Crippen molar-refractivity contribution >= 4 is 17.6 Å². The number of rotatable bonds is 2. The monoisotopic (exact) mass is 321 g/mol. The molecule has 0 unspecified atom stereocenters. The highest BCUT2D eigenvalue weighted by molar-refractivity contribution is 6.09. The smallest absolute Gasteiger partial charge is 0.417 e. The fourth-order valence-electron chi connectivity index (χ4n) is 1.60. The molecular formula is C11H10F3N3O5. The maximum Gasteiger partial charge on any atom is 0.417 e. The fourth-order valence-corrected chi connectivity index (χ4v) is 1.60. The van der Waals surface area contributed by atoms with Gasteiger partial charge in [0.25, 0.3) is 5.91 Å². The first-order valence-corrected chi connectivity index (χ1v) is 5.55. The Labute approximate surface area is 121 Å². The minimum atomic E-state index is -5.14. The first-order chi connectivity index (χ1) is 10.1. The summed E-state index contributed by atoms with van der Waals surface area (Å²) in [4.78, 5) is 34.3. The van der Waals surface area contributed by atoms with E-state index >= 15 is 0 Å². The van der Waals surface area contributed by atoms with Crippen molar-refractivity contribution < 1.29 is 33.0 Å². The largest absolute Gasteiger partial charge is 0.504 e. The summed E-state index contributed by atoms with van der Waals surface area (Å²) in [5, 5.41) is 22.8. The molecule has 0 aliphatic rings. The molecule has 0 bridgehead atoms. The number of imide groups is 1. The Kier molecular flexibility index (Phi) is 4.59. The van der Waals surface area contributed by atoms with Crippen LogP contribution in [0.3, 0.4) is 0 Å². The third kappa shape index (κ3) is 2.92. The minimum absolute atomic E-state index is 0.0644. The molecule has 0 aliphatic heterocycles. The van der Waals surface area contributed by atoms with Gasteiger partial charge in [-0.15, -0.1) is 4.91 Å². The van der Waals surface area contributed by atoms with Crippen molar-refractivity contribution in [3.8, 4) is 11.5 Å². The minimum Gasteiger partial charge on any atom is -0.504 e. The number of nitrogens with zero attached hydrogens (tertiary/aromatic N) is 2. The second-order valence-corrected chi connectivity index (χ2v) is 4.02. The molecule has 0 radical (unpaired) electrons. The number of carbonyl (C=O) groups is 2. The molecule has 0 atom stereocenters. The molecule has 0 aliphatic carbocycles. The van der Waals surface area contributed by atoms with Gasteiger partial charge in [-0.1, -0.05) is 0 Å². The van der Waals surface area contributed by atoms with Crippen LogP contribution in [0.25, 0.3) is 0 Å². The number of urea groups is 1. The van der Waals surface area contributed by atoms with Crippen LogP contribution in [0.15, 0.2) is 11.2 Å². The quantitative estimate of drug-likeness (QED) is 0.568. The van der Waals surface area contributed by atoms with Crippen molar-refractivity contribution in [1.29, 1.82) is 0 Å². The van der Waals surface area contributed by atoms with E-state index in [0.29, 0.717) is 0 Å². The van der Waals surface area contributed by atoms with Crippen LogP contribution in [-0.4, -0.2) is 41.1 Å². The zero-order chi connectivity index (χ0) is 17.2. The van der Waals surface area contributed by atoms with Crippen molar-refractivity contribution in [3.63, 3.8) is 0 Å². The molecule has 0 fully saturated rings. The second kappa shape index (κ2) is 5.87. The van der Waals surface area contributed by atoms with Gasteiger partial charge in [-0.05, 0) is 11.2 Å². The van der Waals surface area contributed by atoms with Crippen molar-refractivity contribution in [2.24, 2.45) is 5.18 Å². The molecule has 3 N–H and O–H groups in total. The summed E-state index contributed by atoms with van der Waals surface area (Å²) < 4.78 is 38.9. The molecule has 0 heterocycles. The number of phenolic OH excluding ortho intramolecular Hbond substituents is 2. The number of amides is 3. The Morgan fingerprint density at radius 2 is 1.86 bits per heavy atom. The molecule has 0 aromatic heterocycles. The van der Waals surface area contributed by atoms with Crippen LogP contribution in [0, 0.1) is 4.91 Å². The molecular weight excluding hydrogens is 311 g/mol. The highest BCUT2D eigenvalue weighted by Gasteiger charge is 2.40. The van der Waals surface area contributed by atoms with Gasteiger partial charge in [0.2, 0.25) is 0 Å². The summed E-state index contributed by atoms with van der Waals surface area (Å²) in [5.41, 5.74) is -4.37. The zero-order valence-electron chi connectivity index (χ0n) is 11.2. The number of carbonyl (C=O) groups excluding carboxylic acids is 2. The average Bonchev–Trinajstić information content (AvgIpc) is 2.45. The summed E-state index contributed by atoms with van der Waals surface area (Å²) in [7, 11) is 1.99. The van der Waals surface area contributed by atoms with Gasteiger partial charge < -0.3 is 15.5 Å². The Balaban J connectivity index is 3.70. The molecule has 1 aromatic carbocycles. The maximum absolute atomic E-state index is 13.0. The lowest BCUT2D eigenvalue weighted by molar-refractivity contribution is -0.138. The maximum atomic E-state index is 13.0. The van der Waals surface area contributed by atoms with E-state index in [1.165, 1.54) is 0 Å². The number of benzene rings is 1. The third-order valence-electron chi connectivity index (χ3n) is 2.69. The van der Waals surface area contributed by atoms with E-state index in [2.05, 4.69) is 5.18 Å². The Morgan fingerprint density at radius 1 is 1.32 bits per heavy atom. The fraction of sp³-hybridized carbons (Fsp3) is 0.273. The van der Waals surface area contributed by atoms with E-state index < -0.39 is 46.4 Å². The molecule has 120 valence electrons. The van der Waals surface area contributed by atoms with E-state index in [0.717, 1.165) is 14.1 Å². The SMILES string of the molecule is CNC(=O)N(C)C(=O)c1c(C(F)(F)F)cc(O)c(O)c1N=O. The van der Waals surface area contributed by atoms with Gasteiger partial charge in [-0.2, -0.15) is 13.2 Å². The van der Waals surface area contributed by atoms with Gasteiger partial charge in [0.05, 0.1) is 11.1 Å². The summed E-state index contributed by atoms with van der Waals surface area (Å²) in [5.74, 6) is -4.10. The van der Waals surface area contributed by atoms with E-state index in [-0.39, 0.29) is 11.0 Å². The predicted molar refractivity (Wildman–Crippen MR) is 66.8 cm³/mol. The second-order valence-electron chi connectivity index (χ2n) is 4.02. The van der Waals surface area contributed by atoms with Crippen LogP contribution in [0.5, 0.6) is 11.5 Å². The molecule has 11 heteroatoms. The number of halogens is 3. The molecule has 3 amide bonds. The Hall–Kier alpha value is -2.85. The van der Waals surface area contributed by atoms with Gasteiger partial charge in [-0.25, -0.2) is 4.79 Å². The van der Waals surface area contributed by atoms with Crippen molar-refractivity contribution in [1.82, 2.24) is 10.2 Å². The van der Waals surface area contributed by atoms with Crippen molar-refractivity contribution in [2.45, 2.75) is 6.18 Å². The van der Waals surface area contributed by atoms with Gasteiger partial charge >= 0.3 is 12.2 Å². The van der Waals surface area contributed by atoms with Crippen LogP contribution < -0.4 is 5.32 Å². The number of hydrogen-bond acceptors (Lipinski definition) is 6. The molecule has 0 spiro atoms. The zero-order valence-corrected chi connectivity index (χ0v) is 11.2. The Bertz CT molecular complexity index is 645. The first kappa shape index (κ1) is 17.2. The Morgan fingerprint density at radius 3 is 2.27 bits per heavy atom. The van der Waals surface area contributed by atoms with Crippen LogP contribution >= 0.6 is 0 Å². The molecule has 8 nitrogen and oxygen atoms in total. The van der Waals surface area contributed by atoms with Gasteiger partial charge in [-0.3, -0.25) is 9.69 Å². The molecule has 0 saturated heterocycles. The number of aromatic hydroxyl groups is 2. The van der Waals surface area contributed by atoms with Crippen LogP contribution in [-0.2, 0) is 6.18 Å². The van der Waals surface area contributed by atoms with Crippen LogP contribution in [0.4, 0.5) is 23.7 Å². The number of alkyl halides is 3. The lowest BCUT2D eigenvalue weighted by Gasteiger charge is -2.19. The molecule has 0 saturated carbocycles. The lowest BCUT2D eigenvalue weighted by Crippen LogP contribution is -2.40. The summed E-state index contributed by atoms with van der Waals surface area (Å²) in [6.45, 7) is 0. The molecule has 22 heavy (non-hydrogen) atoms. The topological polar surface area (TPSA) is 119 Å². The number of phenols is 2. The average molecular weight is 321 g/mol. The van der Waals surface area contributed by atoms with E-state index in [4.69, 9.17) is 0 Å². The normalized spacial score (nSPS) is 11.0.